The number of hydrogen-bond donors (Lipinski definition) is 1. The minimum Gasteiger partial charge on any atom is -0.490 e. The van der Waals surface area contributed by atoms with Gasteiger partial charge in [0.1, 0.15) is 5.82 Å². The highest BCUT2D eigenvalue weighted by atomic mass is 79.9. The van der Waals surface area contributed by atoms with Gasteiger partial charge in [-0.05, 0) is 58.7 Å². The summed E-state index contributed by atoms with van der Waals surface area (Å²) in [5.74, 6) is 1.52. The lowest BCUT2D eigenvalue weighted by Crippen LogP contribution is -2.27. The van der Waals surface area contributed by atoms with Crippen molar-refractivity contribution in [2.75, 3.05) is 32.7 Å². The standard InChI is InChI=1S/C22H23BrN4O3/c1-4-29-19-12-15(11-17(23)22(19)30-14-21(28)27(2)3)13-24-26-20-10-9-16-7-5-6-8-18(16)25-20/h5-13H,4,14H2,1-3H3,(H,25,26)/b24-13+. The van der Waals surface area contributed by atoms with E-state index in [4.69, 9.17) is 9.47 Å². The molecule has 3 rings (SSSR count). The van der Waals surface area contributed by atoms with Crippen LogP contribution in [0.3, 0.4) is 0 Å². The number of fused-ring (bicyclic) bond motifs is 1. The number of rotatable bonds is 8. The molecule has 7 nitrogen and oxygen atoms in total. The molecule has 156 valence electrons. The van der Waals surface area contributed by atoms with Crippen molar-refractivity contribution in [3.05, 3.63) is 58.6 Å². The van der Waals surface area contributed by atoms with E-state index in [0.29, 0.717) is 28.4 Å². The van der Waals surface area contributed by atoms with Crippen LogP contribution >= 0.6 is 15.9 Å². The molecule has 0 saturated heterocycles. The van der Waals surface area contributed by atoms with Gasteiger partial charge in [0, 0.05) is 19.5 Å². The minimum absolute atomic E-state index is 0.0751. The van der Waals surface area contributed by atoms with E-state index in [2.05, 4.69) is 31.4 Å². The fraction of sp³-hybridized carbons (Fsp3) is 0.227. The van der Waals surface area contributed by atoms with Crippen LogP contribution in [0.2, 0.25) is 0 Å². The average molecular weight is 471 g/mol. The largest absolute Gasteiger partial charge is 0.490 e. The van der Waals surface area contributed by atoms with Gasteiger partial charge in [-0.1, -0.05) is 18.2 Å². The van der Waals surface area contributed by atoms with Gasteiger partial charge in [0.05, 0.1) is 22.8 Å². The van der Waals surface area contributed by atoms with Gasteiger partial charge < -0.3 is 14.4 Å². The second kappa shape index (κ2) is 10.1. The third-order valence-electron chi connectivity index (χ3n) is 4.16. The van der Waals surface area contributed by atoms with E-state index < -0.39 is 0 Å². The van der Waals surface area contributed by atoms with Crippen LogP contribution < -0.4 is 14.9 Å². The number of hydrazone groups is 1. The molecule has 0 unspecified atom stereocenters. The van der Waals surface area contributed by atoms with Gasteiger partial charge in [0.25, 0.3) is 5.91 Å². The van der Waals surface area contributed by atoms with Crippen molar-refractivity contribution in [3.63, 3.8) is 0 Å². The SMILES string of the molecule is CCOc1cc(/C=N/Nc2ccc3ccccc3n2)cc(Br)c1OCC(=O)N(C)C. The number of amides is 1. The number of benzene rings is 2. The number of carbonyl (C=O) groups excluding carboxylic acids is 1. The highest BCUT2D eigenvalue weighted by molar-refractivity contribution is 9.10. The first-order valence-electron chi connectivity index (χ1n) is 9.42. The number of para-hydroxylation sites is 1. The molecular weight excluding hydrogens is 448 g/mol. The van der Waals surface area contributed by atoms with Gasteiger partial charge in [-0.15, -0.1) is 0 Å². The summed E-state index contributed by atoms with van der Waals surface area (Å²) in [6.07, 6.45) is 1.67. The van der Waals surface area contributed by atoms with E-state index in [9.17, 15) is 4.79 Å². The van der Waals surface area contributed by atoms with E-state index in [1.807, 2.05) is 55.5 Å². The van der Waals surface area contributed by atoms with E-state index in [1.165, 1.54) is 4.90 Å². The normalized spacial score (nSPS) is 10.9. The fourth-order valence-electron chi connectivity index (χ4n) is 2.63. The predicted molar refractivity (Wildman–Crippen MR) is 122 cm³/mol. The van der Waals surface area contributed by atoms with Crippen molar-refractivity contribution in [2.45, 2.75) is 6.92 Å². The molecule has 1 amide bonds. The average Bonchev–Trinajstić information content (AvgIpc) is 2.73. The second-order valence-electron chi connectivity index (χ2n) is 6.60. The summed E-state index contributed by atoms with van der Waals surface area (Å²) in [7, 11) is 3.36. The van der Waals surface area contributed by atoms with Crippen molar-refractivity contribution in [2.24, 2.45) is 5.10 Å². The summed E-state index contributed by atoms with van der Waals surface area (Å²) in [6.45, 7) is 2.27. The van der Waals surface area contributed by atoms with Gasteiger partial charge in [-0.3, -0.25) is 10.2 Å². The first kappa shape index (κ1) is 21.6. The number of nitrogens with zero attached hydrogens (tertiary/aromatic N) is 3. The predicted octanol–water partition coefficient (Wildman–Crippen LogP) is 4.31. The molecule has 0 atom stereocenters. The van der Waals surface area contributed by atoms with Crippen LogP contribution in [0.15, 0.2) is 58.1 Å². The monoisotopic (exact) mass is 470 g/mol. The van der Waals surface area contributed by atoms with Gasteiger partial charge in [-0.25, -0.2) is 4.98 Å². The molecule has 0 radical (unpaired) electrons. The quantitative estimate of drug-likeness (QED) is 0.392. The van der Waals surface area contributed by atoms with E-state index in [0.717, 1.165) is 16.5 Å². The molecule has 0 aliphatic carbocycles. The number of likely N-dealkylation sites (N-methyl/N-ethyl adjacent to an activating group) is 1. The summed E-state index contributed by atoms with van der Waals surface area (Å²) in [5, 5.41) is 5.34. The number of aromatic nitrogens is 1. The molecule has 0 aliphatic rings. The van der Waals surface area contributed by atoms with E-state index >= 15 is 0 Å². The molecule has 0 aliphatic heterocycles. The lowest BCUT2D eigenvalue weighted by Gasteiger charge is -2.16. The zero-order valence-electron chi connectivity index (χ0n) is 17.1. The van der Waals surface area contributed by atoms with Crippen LogP contribution in [-0.2, 0) is 4.79 Å². The Kier molecular flexibility index (Phi) is 7.24. The lowest BCUT2D eigenvalue weighted by molar-refractivity contribution is -0.130. The molecule has 30 heavy (non-hydrogen) atoms. The number of anilines is 1. The zero-order chi connectivity index (χ0) is 21.5. The first-order valence-corrected chi connectivity index (χ1v) is 10.2. The smallest absolute Gasteiger partial charge is 0.259 e. The van der Waals surface area contributed by atoms with Crippen LogP contribution in [0.4, 0.5) is 5.82 Å². The Morgan fingerprint density at radius 3 is 2.77 bits per heavy atom. The van der Waals surface area contributed by atoms with Crippen molar-refractivity contribution in [3.8, 4) is 11.5 Å². The first-order chi connectivity index (χ1) is 14.5. The zero-order valence-corrected chi connectivity index (χ0v) is 18.6. The number of ether oxygens (including phenoxy) is 2. The number of hydrogen-bond acceptors (Lipinski definition) is 6. The van der Waals surface area contributed by atoms with Crippen molar-refractivity contribution in [1.29, 1.82) is 0 Å². The van der Waals surface area contributed by atoms with Crippen LogP contribution in [0.5, 0.6) is 11.5 Å². The Bertz CT molecular complexity index is 1070. The Hall–Kier alpha value is -3.13. The summed E-state index contributed by atoms with van der Waals surface area (Å²) >= 11 is 3.49. The summed E-state index contributed by atoms with van der Waals surface area (Å²) in [6, 6.07) is 15.4. The highest BCUT2D eigenvalue weighted by Crippen LogP contribution is 2.36. The van der Waals surface area contributed by atoms with Crippen molar-refractivity contribution in [1.82, 2.24) is 9.88 Å². The highest BCUT2D eigenvalue weighted by Gasteiger charge is 2.14. The van der Waals surface area contributed by atoms with Crippen molar-refractivity contribution < 1.29 is 14.3 Å². The maximum Gasteiger partial charge on any atom is 0.259 e. The number of halogens is 1. The van der Waals surface area contributed by atoms with Gasteiger partial charge in [0.15, 0.2) is 18.1 Å². The molecule has 1 N–H and O–H groups in total. The number of carbonyl (C=O) groups is 1. The number of pyridine rings is 1. The molecule has 0 bridgehead atoms. The van der Waals surface area contributed by atoms with Gasteiger partial charge in [-0.2, -0.15) is 5.10 Å². The second-order valence-corrected chi connectivity index (χ2v) is 7.45. The van der Waals surface area contributed by atoms with Crippen molar-refractivity contribution >= 4 is 44.8 Å². The van der Waals surface area contributed by atoms with Crippen LogP contribution in [0.25, 0.3) is 10.9 Å². The Morgan fingerprint density at radius 1 is 1.20 bits per heavy atom. The van der Waals surface area contributed by atoms with Gasteiger partial charge in [0.2, 0.25) is 0 Å². The number of nitrogens with one attached hydrogen (secondary N) is 1. The molecule has 8 heteroatoms. The third-order valence-corrected chi connectivity index (χ3v) is 4.75. The third kappa shape index (κ3) is 5.48. The molecule has 3 aromatic rings. The molecule has 1 heterocycles. The molecule has 0 saturated carbocycles. The minimum atomic E-state index is -0.137. The molecule has 0 spiro atoms. The molecule has 1 aromatic heterocycles. The topological polar surface area (TPSA) is 76.0 Å². The van der Waals surface area contributed by atoms with E-state index in [1.54, 1.807) is 20.3 Å². The Labute approximate surface area is 183 Å². The van der Waals surface area contributed by atoms with E-state index in [-0.39, 0.29) is 12.5 Å². The Balaban J connectivity index is 1.75. The molecular formula is C22H23BrN4O3. The maximum atomic E-state index is 11.8. The summed E-state index contributed by atoms with van der Waals surface area (Å²) in [5.41, 5.74) is 4.64. The van der Waals surface area contributed by atoms with Crippen LogP contribution in [0, 0.1) is 0 Å². The fourth-order valence-corrected chi connectivity index (χ4v) is 3.20. The van der Waals surface area contributed by atoms with Crippen LogP contribution in [-0.4, -0.2) is 49.3 Å². The Morgan fingerprint density at radius 2 is 2.00 bits per heavy atom. The summed E-state index contributed by atoms with van der Waals surface area (Å²) in [4.78, 5) is 17.8. The van der Waals surface area contributed by atoms with Gasteiger partial charge >= 0.3 is 0 Å². The molecule has 0 fully saturated rings. The lowest BCUT2D eigenvalue weighted by atomic mass is 10.2. The molecule has 2 aromatic carbocycles. The maximum absolute atomic E-state index is 11.8. The van der Waals surface area contributed by atoms with Crippen LogP contribution in [0.1, 0.15) is 12.5 Å². The summed E-state index contributed by atoms with van der Waals surface area (Å²) < 4.78 is 12.0.